The van der Waals surface area contributed by atoms with Crippen molar-refractivity contribution in [1.29, 1.82) is 0 Å². The Hall–Kier alpha value is -2.33. The van der Waals surface area contributed by atoms with Crippen LogP contribution in [0.4, 0.5) is 0 Å². The second kappa shape index (κ2) is 13.8. The number of hydrogen-bond donors (Lipinski definition) is 2. The van der Waals surface area contributed by atoms with E-state index >= 15 is 0 Å². The molecule has 0 aliphatic rings. The van der Waals surface area contributed by atoms with Crippen LogP contribution in [0.2, 0.25) is 0 Å². The summed E-state index contributed by atoms with van der Waals surface area (Å²) in [6.45, 7) is 5.39. The number of carbonyl (C=O) groups is 3. The molecule has 1 rings (SSSR count). The lowest BCUT2D eigenvalue weighted by Crippen LogP contribution is -2.48. The molecule has 0 aliphatic carbocycles. The summed E-state index contributed by atoms with van der Waals surface area (Å²) in [5.41, 5.74) is 0.865. The minimum absolute atomic E-state index is 0.0398. The maximum absolute atomic E-state index is 13.0. The highest BCUT2D eigenvalue weighted by atomic mass is 32.2. The van der Waals surface area contributed by atoms with Crippen molar-refractivity contribution >= 4 is 29.8 Å². The quantitative estimate of drug-likeness (QED) is 0.248. The van der Waals surface area contributed by atoms with Gasteiger partial charge in [-0.15, -0.1) is 0 Å². The van der Waals surface area contributed by atoms with Crippen LogP contribution in [0.3, 0.4) is 0 Å². The molecule has 0 bridgehead atoms. The predicted octanol–water partition coefficient (Wildman–Crippen LogP) is 0.846. The average molecular weight is 443 g/mol. The highest BCUT2D eigenvalue weighted by Crippen LogP contribution is 2.10. The lowest BCUT2D eigenvalue weighted by Gasteiger charge is -2.26. The molecule has 1 aromatic heterocycles. The second-order valence-electron chi connectivity index (χ2n) is 6.89. The molecule has 2 N–H and O–H groups in total. The number of aromatic nitrogens is 1. The standard InChI is InChI=1S/C20H31N3O6S/c1-5-11-22(13-18(24)25)20(27)17(21-30-14-19(26)29-15(2)3)10-9-16-8-6-7-12-23(16)28-4/h6-8,12,15,17,21H,5,9-11,13-14H2,1-4H3/p+1. The molecule has 0 fully saturated rings. The summed E-state index contributed by atoms with van der Waals surface area (Å²) in [6, 6.07) is 4.93. The van der Waals surface area contributed by atoms with Crippen molar-refractivity contribution in [2.75, 3.05) is 26.0 Å². The van der Waals surface area contributed by atoms with Crippen LogP contribution in [0.5, 0.6) is 0 Å². The summed E-state index contributed by atoms with van der Waals surface area (Å²) >= 11 is 1.08. The Morgan fingerprint density at radius 1 is 1.30 bits per heavy atom. The number of nitrogens with zero attached hydrogens (tertiary/aromatic N) is 2. The highest BCUT2D eigenvalue weighted by molar-refractivity contribution is 7.98. The molecule has 1 atom stereocenters. The van der Waals surface area contributed by atoms with Crippen molar-refractivity contribution in [3.8, 4) is 0 Å². The van der Waals surface area contributed by atoms with Crippen molar-refractivity contribution in [2.24, 2.45) is 0 Å². The Morgan fingerprint density at radius 3 is 2.63 bits per heavy atom. The number of pyridine rings is 1. The van der Waals surface area contributed by atoms with Crippen LogP contribution < -0.4 is 14.3 Å². The monoisotopic (exact) mass is 442 g/mol. The summed E-state index contributed by atoms with van der Waals surface area (Å²) in [6.07, 6.45) is 3.11. The van der Waals surface area contributed by atoms with Gasteiger partial charge in [-0.3, -0.25) is 23.9 Å². The fourth-order valence-electron chi connectivity index (χ4n) is 2.78. The molecule has 0 saturated heterocycles. The van der Waals surface area contributed by atoms with Gasteiger partial charge < -0.3 is 14.7 Å². The van der Waals surface area contributed by atoms with Crippen LogP contribution in [-0.4, -0.2) is 66.0 Å². The smallest absolute Gasteiger partial charge is 0.323 e. The van der Waals surface area contributed by atoms with Crippen molar-refractivity contribution in [1.82, 2.24) is 9.62 Å². The molecular weight excluding hydrogens is 410 g/mol. The van der Waals surface area contributed by atoms with Gasteiger partial charge in [-0.05, 0) is 32.8 Å². The van der Waals surface area contributed by atoms with Crippen molar-refractivity contribution in [2.45, 2.75) is 52.2 Å². The van der Waals surface area contributed by atoms with Gasteiger partial charge >= 0.3 is 11.9 Å². The fourth-order valence-corrected chi connectivity index (χ4v) is 3.47. The summed E-state index contributed by atoms with van der Waals surface area (Å²) < 4.78 is 9.73. The number of carboxylic acids is 1. The minimum Gasteiger partial charge on any atom is -0.480 e. The van der Waals surface area contributed by atoms with Gasteiger partial charge in [0.25, 0.3) is 0 Å². The van der Waals surface area contributed by atoms with Gasteiger partial charge in [0.2, 0.25) is 17.8 Å². The Labute approximate surface area is 181 Å². The number of aryl methyl sites for hydroxylation is 1. The number of carboxylic acid groups (broad SMARTS) is 1. The molecule has 1 amide bonds. The van der Waals surface area contributed by atoms with Gasteiger partial charge in [-0.1, -0.05) is 18.9 Å². The van der Waals surface area contributed by atoms with E-state index in [4.69, 9.17) is 14.7 Å². The van der Waals surface area contributed by atoms with Gasteiger partial charge in [0.05, 0.1) is 12.1 Å². The summed E-state index contributed by atoms with van der Waals surface area (Å²) in [7, 11) is 1.55. The molecule has 30 heavy (non-hydrogen) atoms. The lowest BCUT2D eigenvalue weighted by atomic mass is 10.1. The molecule has 10 heteroatoms. The Balaban J connectivity index is 2.86. The van der Waals surface area contributed by atoms with Gasteiger partial charge in [-0.2, -0.15) is 0 Å². The molecule has 0 aromatic carbocycles. The van der Waals surface area contributed by atoms with Crippen molar-refractivity contribution in [3.63, 3.8) is 0 Å². The third kappa shape index (κ3) is 9.45. The third-order valence-corrected chi connectivity index (χ3v) is 4.83. The van der Waals surface area contributed by atoms with Gasteiger partial charge in [0, 0.05) is 29.8 Å². The lowest BCUT2D eigenvalue weighted by molar-refractivity contribution is -0.890. The maximum Gasteiger partial charge on any atom is 0.323 e. The van der Waals surface area contributed by atoms with E-state index in [9.17, 15) is 14.4 Å². The van der Waals surface area contributed by atoms with Gasteiger partial charge in [0.15, 0.2) is 0 Å². The predicted molar refractivity (Wildman–Crippen MR) is 113 cm³/mol. The van der Waals surface area contributed by atoms with Crippen LogP contribution >= 0.6 is 11.9 Å². The number of amides is 1. The largest absolute Gasteiger partial charge is 0.480 e. The maximum atomic E-state index is 13.0. The van der Waals surface area contributed by atoms with Crippen LogP contribution in [0.25, 0.3) is 0 Å². The number of nitrogens with one attached hydrogen (secondary N) is 1. The van der Waals surface area contributed by atoms with E-state index in [1.807, 2.05) is 25.1 Å². The molecule has 0 spiro atoms. The van der Waals surface area contributed by atoms with Crippen LogP contribution in [0.1, 0.15) is 39.3 Å². The zero-order chi connectivity index (χ0) is 22.5. The highest BCUT2D eigenvalue weighted by Gasteiger charge is 2.27. The van der Waals surface area contributed by atoms with Crippen LogP contribution in [-0.2, 0) is 25.5 Å². The third-order valence-electron chi connectivity index (χ3n) is 4.00. The molecule has 1 heterocycles. The summed E-state index contributed by atoms with van der Waals surface area (Å²) in [5, 5.41) is 9.15. The first-order valence-electron chi connectivity index (χ1n) is 9.89. The topological polar surface area (TPSA) is 109 Å². The first kappa shape index (κ1) is 25.7. The Kier molecular flexibility index (Phi) is 11.8. The Morgan fingerprint density at radius 2 is 2.03 bits per heavy atom. The first-order valence-corrected chi connectivity index (χ1v) is 10.9. The number of rotatable bonds is 14. The van der Waals surface area contributed by atoms with Gasteiger partial charge in [-0.25, -0.2) is 0 Å². The van der Waals surface area contributed by atoms with E-state index in [1.165, 1.54) is 4.90 Å². The molecule has 1 aromatic rings. The van der Waals surface area contributed by atoms with E-state index in [-0.39, 0.29) is 30.3 Å². The van der Waals surface area contributed by atoms with E-state index in [1.54, 1.807) is 31.9 Å². The van der Waals surface area contributed by atoms with Crippen molar-refractivity contribution in [3.05, 3.63) is 30.1 Å². The number of esters is 1. The van der Waals surface area contributed by atoms with E-state index in [2.05, 4.69) is 4.72 Å². The summed E-state index contributed by atoms with van der Waals surface area (Å²) in [4.78, 5) is 42.6. The second-order valence-corrected chi connectivity index (χ2v) is 7.70. The van der Waals surface area contributed by atoms with Crippen LogP contribution in [0, 0.1) is 0 Å². The van der Waals surface area contributed by atoms with Gasteiger partial charge in [0.1, 0.15) is 19.4 Å². The molecule has 0 aliphatic heterocycles. The minimum atomic E-state index is -1.07. The number of ether oxygens (including phenoxy) is 1. The molecule has 9 nitrogen and oxygen atoms in total. The molecule has 0 saturated carbocycles. The van der Waals surface area contributed by atoms with E-state index in [0.29, 0.717) is 25.8 Å². The normalized spacial score (nSPS) is 11.8. The van der Waals surface area contributed by atoms with Crippen LogP contribution in [0.15, 0.2) is 24.4 Å². The van der Waals surface area contributed by atoms with E-state index < -0.39 is 12.0 Å². The molecule has 168 valence electrons. The first-order chi connectivity index (χ1) is 14.3. The zero-order valence-electron chi connectivity index (χ0n) is 18.0. The summed E-state index contributed by atoms with van der Waals surface area (Å²) in [5.74, 6) is -1.73. The number of carbonyl (C=O) groups excluding carboxylic acids is 2. The van der Waals surface area contributed by atoms with E-state index in [0.717, 1.165) is 17.6 Å². The zero-order valence-corrected chi connectivity index (χ0v) is 18.8. The van der Waals surface area contributed by atoms with Crippen molar-refractivity contribution < 1.29 is 33.8 Å². The number of aliphatic carboxylic acids is 1. The molecule has 1 unspecified atom stereocenters. The number of hydrogen-bond acceptors (Lipinski definition) is 7. The molecular formula is C20H32N3O6S+. The SMILES string of the molecule is CCCN(CC(=O)O)C(=O)C(CCc1cccc[n+]1OC)NSCC(=O)OC(C)C. The Bertz CT molecular complexity index is 701. The average Bonchev–Trinajstić information content (AvgIpc) is 2.69. The fraction of sp³-hybridized carbons (Fsp3) is 0.600. The molecule has 0 radical (unpaired) electrons.